The van der Waals surface area contributed by atoms with Crippen LogP contribution in [0.3, 0.4) is 0 Å². The lowest BCUT2D eigenvalue weighted by Crippen LogP contribution is -2.10. The fourth-order valence-corrected chi connectivity index (χ4v) is 2.25. The minimum atomic E-state index is -0.123. The van der Waals surface area contributed by atoms with Gasteiger partial charge in [0.1, 0.15) is 53.7 Å². The van der Waals surface area contributed by atoms with Crippen LogP contribution >= 0.6 is 0 Å². The zero-order chi connectivity index (χ0) is 15.1. The van der Waals surface area contributed by atoms with E-state index >= 15 is 0 Å². The van der Waals surface area contributed by atoms with E-state index < -0.39 is 0 Å². The van der Waals surface area contributed by atoms with Gasteiger partial charge in [0.15, 0.2) is 5.43 Å². The molecule has 6 heteroatoms. The average molecular weight is 304 g/mol. The first kappa shape index (κ1) is 13.6. The second-order valence-electron chi connectivity index (χ2n) is 5.55. The van der Waals surface area contributed by atoms with Gasteiger partial charge in [0.2, 0.25) is 0 Å². The molecule has 0 bridgehead atoms. The zero-order valence-electron chi connectivity index (χ0n) is 12.2. The van der Waals surface area contributed by atoms with Crippen molar-refractivity contribution in [3.05, 3.63) is 34.2 Å². The van der Waals surface area contributed by atoms with Crippen LogP contribution < -0.4 is 14.9 Å². The van der Waals surface area contributed by atoms with Gasteiger partial charge < -0.3 is 23.4 Å². The van der Waals surface area contributed by atoms with Crippen molar-refractivity contribution < 1.29 is 23.4 Å². The second-order valence-corrected chi connectivity index (χ2v) is 5.55. The number of hydrogen-bond donors (Lipinski definition) is 0. The third kappa shape index (κ3) is 2.93. The van der Waals surface area contributed by atoms with E-state index in [1.54, 1.807) is 19.1 Å². The summed E-state index contributed by atoms with van der Waals surface area (Å²) in [6, 6.07) is 4.90. The molecule has 2 fully saturated rings. The maximum Gasteiger partial charge on any atom is 0.196 e. The molecule has 0 saturated carbocycles. The Hall–Kier alpha value is -2.05. The number of aryl methyl sites for hydroxylation is 1. The first-order chi connectivity index (χ1) is 10.7. The quantitative estimate of drug-likeness (QED) is 0.756. The summed E-state index contributed by atoms with van der Waals surface area (Å²) in [7, 11) is 0. The molecule has 116 valence electrons. The smallest absolute Gasteiger partial charge is 0.196 e. The van der Waals surface area contributed by atoms with Crippen molar-refractivity contribution >= 4 is 11.0 Å². The molecule has 0 radical (unpaired) electrons. The maximum absolute atomic E-state index is 12.2. The van der Waals surface area contributed by atoms with Gasteiger partial charge in [0.25, 0.3) is 0 Å². The van der Waals surface area contributed by atoms with Gasteiger partial charge >= 0.3 is 0 Å². The molecule has 2 aromatic rings. The van der Waals surface area contributed by atoms with Crippen molar-refractivity contribution in [2.24, 2.45) is 0 Å². The highest BCUT2D eigenvalue weighted by Crippen LogP contribution is 2.31. The van der Waals surface area contributed by atoms with E-state index in [0.717, 1.165) is 6.61 Å². The Balaban J connectivity index is 1.71. The molecule has 1 aromatic carbocycles. The summed E-state index contributed by atoms with van der Waals surface area (Å²) in [5.41, 5.74) is 0.341. The maximum atomic E-state index is 12.2. The third-order valence-electron chi connectivity index (χ3n) is 3.56. The molecule has 2 aliphatic heterocycles. The second kappa shape index (κ2) is 5.30. The summed E-state index contributed by atoms with van der Waals surface area (Å²) in [5, 5.41) is 0.432. The predicted molar refractivity (Wildman–Crippen MR) is 77.7 cm³/mol. The Morgan fingerprint density at radius 1 is 1.09 bits per heavy atom. The molecule has 1 aromatic heterocycles. The van der Waals surface area contributed by atoms with Crippen LogP contribution in [0.2, 0.25) is 0 Å². The van der Waals surface area contributed by atoms with Gasteiger partial charge in [-0.15, -0.1) is 0 Å². The number of epoxide rings is 2. The van der Waals surface area contributed by atoms with Crippen molar-refractivity contribution in [2.75, 3.05) is 26.4 Å². The van der Waals surface area contributed by atoms with Crippen LogP contribution in [0.15, 0.2) is 27.4 Å². The molecule has 4 rings (SSSR count). The van der Waals surface area contributed by atoms with Crippen LogP contribution in [-0.4, -0.2) is 38.6 Å². The SMILES string of the molecule is Cc1cc(=O)c2c(OC[C@H]3CO3)cc(OC[C@@H]3CO3)cc2o1. The highest BCUT2D eigenvalue weighted by atomic mass is 16.6. The highest BCUT2D eigenvalue weighted by Gasteiger charge is 2.25. The Kier molecular flexibility index (Phi) is 3.28. The topological polar surface area (TPSA) is 73.7 Å². The van der Waals surface area contributed by atoms with E-state index in [2.05, 4.69) is 0 Å². The van der Waals surface area contributed by atoms with Gasteiger partial charge in [-0.2, -0.15) is 0 Å². The van der Waals surface area contributed by atoms with E-state index in [9.17, 15) is 4.79 Å². The summed E-state index contributed by atoms with van der Waals surface area (Å²) in [6.07, 6.45) is 0.265. The summed E-state index contributed by atoms with van der Waals surface area (Å²) >= 11 is 0. The van der Waals surface area contributed by atoms with Gasteiger partial charge in [-0.05, 0) is 6.92 Å². The minimum absolute atomic E-state index is 0.108. The minimum Gasteiger partial charge on any atom is -0.491 e. The van der Waals surface area contributed by atoms with E-state index in [0.29, 0.717) is 48.0 Å². The fraction of sp³-hybridized carbons (Fsp3) is 0.438. The van der Waals surface area contributed by atoms with E-state index in [1.807, 2.05) is 0 Å². The lowest BCUT2D eigenvalue weighted by Gasteiger charge is -2.11. The molecular formula is C16H16O6. The third-order valence-corrected chi connectivity index (χ3v) is 3.56. The largest absolute Gasteiger partial charge is 0.491 e. The molecule has 6 nitrogen and oxygen atoms in total. The van der Waals surface area contributed by atoms with Gasteiger partial charge in [-0.3, -0.25) is 4.79 Å². The molecule has 0 N–H and O–H groups in total. The molecule has 0 unspecified atom stereocenters. The number of ether oxygens (including phenoxy) is 4. The van der Waals surface area contributed by atoms with Gasteiger partial charge in [0.05, 0.1) is 13.2 Å². The normalized spacial score (nSPS) is 22.6. The van der Waals surface area contributed by atoms with Crippen LogP contribution in [0, 0.1) is 6.92 Å². The average Bonchev–Trinajstić information content (AvgIpc) is 3.36. The predicted octanol–water partition coefficient (Wildman–Crippen LogP) is 1.66. The molecule has 2 saturated heterocycles. The molecule has 0 aliphatic carbocycles. The van der Waals surface area contributed by atoms with Crippen molar-refractivity contribution in [2.45, 2.75) is 19.1 Å². The van der Waals surface area contributed by atoms with Crippen LogP contribution in [0.4, 0.5) is 0 Å². The number of hydrogen-bond acceptors (Lipinski definition) is 6. The Morgan fingerprint density at radius 3 is 2.45 bits per heavy atom. The Morgan fingerprint density at radius 2 is 1.77 bits per heavy atom. The van der Waals surface area contributed by atoms with Gasteiger partial charge in [-0.1, -0.05) is 0 Å². The zero-order valence-corrected chi connectivity index (χ0v) is 12.2. The van der Waals surface area contributed by atoms with Crippen molar-refractivity contribution in [3.8, 4) is 11.5 Å². The standard InChI is InChI=1S/C16H16O6/c1-9-2-13(17)16-14(21-8-12-7-20-12)3-10(4-15(16)22-9)18-5-11-6-19-11/h2-4,11-12H,5-8H2,1H3/t11-,12-/m1/s1. The summed E-state index contributed by atoms with van der Waals surface area (Å²) < 4.78 is 27.3. The number of rotatable bonds is 6. The summed E-state index contributed by atoms with van der Waals surface area (Å²) in [5.74, 6) is 1.62. The van der Waals surface area contributed by atoms with E-state index in [1.165, 1.54) is 6.07 Å². The lowest BCUT2D eigenvalue weighted by atomic mass is 10.2. The van der Waals surface area contributed by atoms with E-state index in [4.69, 9.17) is 23.4 Å². The monoisotopic (exact) mass is 304 g/mol. The molecule has 0 amide bonds. The molecule has 22 heavy (non-hydrogen) atoms. The lowest BCUT2D eigenvalue weighted by molar-refractivity contribution is 0.253. The molecule has 3 heterocycles. The summed E-state index contributed by atoms with van der Waals surface area (Å²) in [4.78, 5) is 12.2. The molecular weight excluding hydrogens is 288 g/mol. The first-order valence-corrected chi connectivity index (χ1v) is 7.26. The van der Waals surface area contributed by atoms with Gasteiger partial charge in [-0.25, -0.2) is 0 Å². The van der Waals surface area contributed by atoms with E-state index in [-0.39, 0.29) is 17.6 Å². The molecule has 2 aliphatic rings. The van der Waals surface area contributed by atoms with Crippen molar-refractivity contribution in [1.82, 2.24) is 0 Å². The first-order valence-electron chi connectivity index (χ1n) is 7.26. The van der Waals surface area contributed by atoms with Crippen molar-refractivity contribution in [1.29, 1.82) is 0 Å². The van der Waals surface area contributed by atoms with Crippen molar-refractivity contribution in [3.63, 3.8) is 0 Å². The molecule has 2 atom stereocenters. The number of benzene rings is 1. The highest BCUT2D eigenvalue weighted by molar-refractivity contribution is 5.85. The number of fused-ring (bicyclic) bond motifs is 1. The Labute approximate surface area is 126 Å². The van der Waals surface area contributed by atoms with Crippen LogP contribution in [0.1, 0.15) is 5.76 Å². The summed E-state index contributed by atoms with van der Waals surface area (Å²) in [6.45, 7) is 4.06. The van der Waals surface area contributed by atoms with Crippen LogP contribution in [0.5, 0.6) is 11.5 Å². The molecule has 0 spiro atoms. The van der Waals surface area contributed by atoms with Crippen LogP contribution in [0.25, 0.3) is 11.0 Å². The Bertz CT molecular complexity index is 757. The fourth-order valence-electron chi connectivity index (χ4n) is 2.25. The van der Waals surface area contributed by atoms with Crippen LogP contribution in [-0.2, 0) is 9.47 Å². The van der Waals surface area contributed by atoms with Gasteiger partial charge in [0, 0.05) is 18.2 Å².